The normalized spacial score (nSPS) is 26.8. The van der Waals surface area contributed by atoms with E-state index in [1.807, 2.05) is 0 Å². The van der Waals surface area contributed by atoms with Gasteiger partial charge < -0.3 is 10.2 Å². The van der Waals surface area contributed by atoms with Crippen molar-refractivity contribution in [3.05, 3.63) is 0 Å². The molecule has 5 heteroatoms. The lowest BCUT2D eigenvalue weighted by Gasteiger charge is -2.37. The van der Waals surface area contributed by atoms with Crippen LogP contribution >= 0.6 is 0 Å². The monoisotopic (exact) mass is 232 g/mol. The van der Waals surface area contributed by atoms with E-state index in [1.54, 1.807) is 4.90 Å². The number of rotatable bonds is 1. The van der Waals surface area contributed by atoms with Crippen LogP contribution in [-0.2, 0) is 4.79 Å². The van der Waals surface area contributed by atoms with Crippen LogP contribution in [0.5, 0.6) is 0 Å². The molecule has 2 aliphatic rings. The summed E-state index contributed by atoms with van der Waals surface area (Å²) < 4.78 is 25.4. The van der Waals surface area contributed by atoms with Crippen LogP contribution in [0.2, 0.25) is 0 Å². The predicted molar refractivity (Wildman–Crippen MR) is 56.4 cm³/mol. The Morgan fingerprint density at radius 2 is 1.94 bits per heavy atom. The molecular formula is C11H18F2N2O. The molecule has 3 nitrogen and oxygen atoms in total. The van der Waals surface area contributed by atoms with Crippen molar-refractivity contribution in [1.29, 1.82) is 0 Å². The number of hydrogen-bond acceptors (Lipinski definition) is 2. The summed E-state index contributed by atoms with van der Waals surface area (Å²) in [4.78, 5) is 13.6. The highest BCUT2D eigenvalue weighted by atomic mass is 19.3. The van der Waals surface area contributed by atoms with Crippen LogP contribution in [0.1, 0.15) is 25.7 Å². The zero-order chi connectivity index (χ0) is 11.6. The minimum Gasteiger partial charge on any atom is -0.341 e. The smallest absolute Gasteiger partial charge is 0.249 e. The third-order valence-corrected chi connectivity index (χ3v) is 3.34. The average molecular weight is 232 g/mol. The van der Waals surface area contributed by atoms with E-state index in [0.29, 0.717) is 6.54 Å². The summed E-state index contributed by atoms with van der Waals surface area (Å²) in [6.07, 6.45) is 1.50. The summed E-state index contributed by atoms with van der Waals surface area (Å²) in [6.45, 7) is 3.14. The van der Waals surface area contributed by atoms with Crippen LogP contribution in [0.25, 0.3) is 0 Å². The van der Waals surface area contributed by atoms with E-state index in [1.165, 1.54) is 0 Å². The lowest BCUT2D eigenvalue weighted by molar-refractivity contribution is -0.159. The maximum absolute atomic E-state index is 12.7. The second-order valence-corrected chi connectivity index (χ2v) is 4.74. The molecule has 0 aromatic rings. The van der Waals surface area contributed by atoms with Gasteiger partial charge >= 0.3 is 0 Å². The molecule has 1 saturated heterocycles. The minimum absolute atomic E-state index is 0.0744. The van der Waals surface area contributed by atoms with Crippen molar-refractivity contribution in [3.8, 4) is 0 Å². The van der Waals surface area contributed by atoms with Gasteiger partial charge in [0, 0.05) is 38.4 Å². The molecule has 0 bridgehead atoms. The zero-order valence-electron chi connectivity index (χ0n) is 9.35. The van der Waals surface area contributed by atoms with Gasteiger partial charge in [-0.15, -0.1) is 0 Å². The molecule has 92 valence electrons. The third-order valence-electron chi connectivity index (χ3n) is 3.34. The van der Waals surface area contributed by atoms with Crippen molar-refractivity contribution >= 4 is 5.91 Å². The van der Waals surface area contributed by atoms with Crippen LogP contribution < -0.4 is 5.32 Å². The average Bonchev–Trinajstić information content (AvgIpc) is 2.12. The predicted octanol–water partition coefficient (Wildman–Crippen LogP) is 1.24. The van der Waals surface area contributed by atoms with E-state index in [4.69, 9.17) is 0 Å². The molecule has 1 aliphatic carbocycles. The van der Waals surface area contributed by atoms with Gasteiger partial charge in [-0.25, -0.2) is 8.78 Å². The second-order valence-electron chi connectivity index (χ2n) is 4.74. The first kappa shape index (κ1) is 11.8. The van der Waals surface area contributed by atoms with Gasteiger partial charge in [-0.1, -0.05) is 0 Å². The van der Waals surface area contributed by atoms with E-state index >= 15 is 0 Å². The van der Waals surface area contributed by atoms with Crippen molar-refractivity contribution < 1.29 is 13.6 Å². The van der Waals surface area contributed by atoms with Crippen molar-refractivity contribution in [2.24, 2.45) is 5.92 Å². The number of carbonyl (C=O) groups is 1. The van der Waals surface area contributed by atoms with E-state index in [2.05, 4.69) is 5.32 Å². The number of amides is 1. The fourth-order valence-corrected chi connectivity index (χ4v) is 2.32. The number of hydrogen-bond donors (Lipinski definition) is 1. The Kier molecular flexibility index (Phi) is 3.42. The first-order valence-corrected chi connectivity index (χ1v) is 5.96. The van der Waals surface area contributed by atoms with Gasteiger partial charge in [-0.3, -0.25) is 4.79 Å². The first-order valence-electron chi connectivity index (χ1n) is 5.96. The van der Waals surface area contributed by atoms with E-state index in [0.717, 1.165) is 32.5 Å². The molecule has 0 aromatic carbocycles. The standard InChI is InChI=1S/C11H18F2N2O/c12-11(13)7-9(8-11)10(16)15-5-2-1-3-14-4-6-15/h9,14H,1-8H2. The van der Waals surface area contributed by atoms with Gasteiger partial charge in [-0.05, 0) is 19.4 Å². The lowest BCUT2D eigenvalue weighted by Crippen LogP contribution is -2.49. The Morgan fingerprint density at radius 1 is 1.19 bits per heavy atom. The fraction of sp³-hybridized carbons (Fsp3) is 0.909. The number of nitrogens with one attached hydrogen (secondary N) is 1. The van der Waals surface area contributed by atoms with Gasteiger partial charge in [0.2, 0.25) is 11.8 Å². The summed E-state index contributed by atoms with van der Waals surface area (Å²) in [7, 11) is 0. The van der Waals surface area contributed by atoms with Gasteiger partial charge in [0.25, 0.3) is 0 Å². The molecule has 2 rings (SSSR count). The van der Waals surface area contributed by atoms with Gasteiger partial charge in [0.05, 0.1) is 0 Å². The van der Waals surface area contributed by atoms with Crippen molar-refractivity contribution in [3.63, 3.8) is 0 Å². The summed E-state index contributed by atoms with van der Waals surface area (Å²) in [6, 6.07) is 0. The molecule has 0 atom stereocenters. The molecule has 1 heterocycles. The van der Waals surface area contributed by atoms with E-state index in [-0.39, 0.29) is 18.7 Å². The zero-order valence-corrected chi connectivity index (χ0v) is 9.35. The van der Waals surface area contributed by atoms with Crippen molar-refractivity contribution in [2.45, 2.75) is 31.6 Å². The molecule has 1 amide bonds. The number of alkyl halides is 2. The number of halogens is 2. The topological polar surface area (TPSA) is 32.3 Å². The van der Waals surface area contributed by atoms with Crippen LogP contribution in [0.4, 0.5) is 8.78 Å². The summed E-state index contributed by atoms with van der Waals surface area (Å²) in [5.74, 6) is -3.11. The molecular weight excluding hydrogens is 214 g/mol. The Morgan fingerprint density at radius 3 is 2.62 bits per heavy atom. The Balaban J connectivity index is 1.83. The summed E-state index contributed by atoms with van der Waals surface area (Å²) in [5, 5.41) is 3.22. The molecule has 0 unspecified atom stereocenters. The summed E-state index contributed by atoms with van der Waals surface area (Å²) >= 11 is 0. The highest BCUT2D eigenvalue weighted by Crippen LogP contribution is 2.43. The van der Waals surface area contributed by atoms with Gasteiger partial charge in [0.1, 0.15) is 0 Å². The van der Waals surface area contributed by atoms with Gasteiger partial charge in [0.15, 0.2) is 0 Å². The molecule has 16 heavy (non-hydrogen) atoms. The summed E-state index contributed by atoms with van der Waals surface area (Å²) in [5.41, 5.74) is 0. The molecule has 1 aliphatic heterocycles. The van der Waals surface area contributed by atoms with E-state index < -0.39 is 11.8 Å². The third kappa shape index (κ3) is 2.70. The van der Waals surface area contributed by atoms with Gasteiger partial charge in [-0.2, -0.15) is 0 Å². The Labute approximate surface area is 94.2 Å². The quantitative estimate of drug-likeness (QED) is 0.738. The molecule has 0 aromatic heterocycles. The van der Waals surface area contributed by atoms with Crippen LogP contribution in [0, 0.1) is 5.92 Å². The molecule has 1 N–H and O–H groups in total. The van der Waals surface area contributed by atoms with Crippen LogP contribution in [-0.4, -0.2) is 42.9 Å². The molecule has 0 spiro atoms. The maximum Gasteiger partial charge on any atom is 0.249 e. The molecule has 2 fully saturated rings. The first-order chi connectivity index (χ1) is 7.58. The largest absolute Gasteiger partial charge is 0.341 e. The number of carbonyl (C=O) groups excluding carboxylic acids is 1. The highest BCUT2D eigenvalue weighted by molar-refractivity contribution is 5.80. The fourth-order valence-electron chi connectivity index (χ4n) is 2.32. The highest BCUT2D eigenvalue weighted by Gasteiger charge is 2.49. The van der Waals surface area contributed by atoms with Crippen LogP contribution in [0.15, 0.2) is 0 Å². The van der Waals surface area contributed by atoms with Crippen molar-refractivity contribution in [1.82, 2.24) is 10.2 Å². The molecule has 0 radical (unpaired) electrons. The Hall–Kier alpha value is -0.710. The van der Waals surface area contributed by atoms with E-state index in [9.17, 15) is 13.6 Å². The SMILES string of the molecule is O=C(C1CC(F)(F)C1)N1CCCCNCC1. The second kappa shape index (κ2) is 4.65. The maximum atomic E-state index is 12.7. The number of nitrogens with zero attached hydrogens (tertiary/aromatic N) is 1. The Bertz CT molecular complexity index is 255. The van der Waals surface area contributed by atoms with Crippen LogP contribution in [0.3, 0.4) is 0 Å². The van der Waals surface area contributed by atoms with Crippen molar-refractivity contribution in [2.75, 3.05) is 26.2 Å². The minimum atomic E-state index is -2.60. The lowest BCUT2D eigenvalue weighted by atomic mass is 9.80. The molecule has 1 saturated carbocycles.